The molecule has 2 fully saturated rings. The van der Waals surface area contributed by atoms with Crippen molar-refractivity contribution in [1.29, 1.82) is 0 Å². The first-order valence-electron chi connectivity index (χ1n) is 7.29. The zero-order valence-electron chi connectivity index (χ0n) is 11.6. The van der Waals surface area contributed by atoms with Crippen LogP contribution in [0.2, 0.25) is 0 Å². The van der Waals surface area contributed by atoms with Crippen LogP contribution in [-0.2, 0) is 9.59 Å². The fourth-order valence-electron chi connectivity index (χ4n) is 2.89. The molecule has 0 aromatic rings. The first-order valence-corrected chi connectivity index (χ1v) is 7.29. The summed E-state index contributed by atoms with van der Waals surface area (Å²) in [6.07, 6.45) is 4.00. The number of likely N-dealkylation sites (tertiary alicyclic amines) is 1. The van der Waals surface area contributed by atoms with Crippen molar-refractivity contribution in [3.05, 3.63) is 0 Å². The zero-order valence-corrected chi connectivity index (χ0v) is 11.6. The maximum absolute atomic E-state index is 12.0. The number of nitrogens with zero attached hydrogens (tertiary/aromatic N) is 1. The monoisotopic (exact) mass is 268 g/mol. The number of carboxylic acid groups (broad SMARTS) is 1. The molecular formula is C14H24N2O3. The molecule has 2 unspecified atom stereocenters. The van der Waals surface area contributed by atoms with Gasteiger partial charge in [-0.1, -0.05) is 6.92 Å². The molecule has 2 rings (SSSR count). The van der Waals surface area contributed by atoms with Crippen molar-refractivity contribution in [2.24, 2.45) is 17.8 Å². The van der Waals surface area contributed by atoms with E-state index >= 15 is 0 Å². The number of amides is 1. The normalized spacial score (nSPS) is 25.7. The molecule has 2 heterocycles. The van der Waals surface area contributed by atoms with Crippen molar-refractivity contribution in [1.82, 2.24) is 10.2 Å². The molecule has 1 amide bonds. The van der Waals surface area contributed by atoms with E-state index < -0.39 is 5.97 Å². The number of piperidine rings is 1. The van der Waals surface area contributed by atoms with E-state index in [4.69, 9.17) is 5.11 Å². The van der Waals surface area contributed by atoms with Gasteiger partial charge >= 0.3 is 5.97 Å². The van der Waals surface area contributed by atoms with Crippen LogP contribution in [0.25, 0.3) is 0 Å². The Hall–Kier alpha value is -1.10. The minimum Gasteiger partial charge on any atom is -0.481 e. The van der Waals surface area contributed by atoms with Crippen molar-refractivity contribution in [2.45, 2.75) is 32.6 Å². The predicted octanol–water partition coefficient (Wildman–Crippen LogP) is 0.945. The summed E-state index contributed by atoms with van der Waals surface area (Å²) in [4.78, 5) is 24.6. The summed E-state index contributed by atoms with van der Waals surface area (Å²) in [6, 6.07) is 0. The lowest BCUT2D eigenvalue weighted by molar-refractivity contribution is -0.150. The highest BCUT2D eigenvalue weighted by atomic mass is 16.4. The summed E-state index contributed by atoms with van der Waals surface area (Å²) in [5, 5.41) is 12.3. The molecule has 0 aliphatic carbocycles. The number of rotatable bonds is 5. The van der Waals surface area contributed by atoms with Crippen LogP contribution >= 0.6 is 0 Å². The maximum atomic E-state index is 12.0. The summed E-state index contributed by atoms with van der Waals surface area (Å²) < 4.78 is 0. The highest BCUT2D eigenvalue weighted by Crippen LogP contribution is 2.25. The first kappa shape index (κ1) is 14.3. The third-order valence-electron chi connectivity index (χ3n) is 4.52. The third-order valence-corrected chi connectivity index (χ3v) is 4.52. The Kier molecular flexibility index (Phi) is 4.80. The molecule has 0 saturated carbocycles. The first-order chi connectivity index (χ1) is 9.08. The van der Waals surface area contributed by atoms with Gasteiger partial charge in [0.1, 0.15) is 0 Å². The number of carbonyl (C=O) groups is 2. The van der Waals surface area contributed by atoms with Gasteiger partial charge in [0.15, 0.2) is 0 Å². The van der Waals surface area contributed by atoms with Gasteiger partial charge in [0.05, 0.1) is 5.92 Å². The molecule has 2 aliphatic heterocycles. The molecule has 108 valence electrons. The Balaban J connectivity index is 1.64. The van der Waals surface area contributed by atoms with Gasteiger partial charge in [-0.15, -0.1) is 0 Å². The van der Waals surface area contributed by atoms with E-state index in [1.54, 1.807) is 11.8 Å². The lowest BCUT2D eigenvalue weighted by Gasteiger charge is -2.41. The number of carboxylic acids is 1. The van der Waals surface area contributed by atoms with E-state index in [2.05, 4.69) is 5.32 Å². The summed E-state index contributed by atoms with van der Waals surface area (Å²) >= 11 is 0. The van der Waals surface area contributed by atoms with E-state index in [0.29, 0.717) is 25.4 Å². The number of carbonyl (C=O) groups excluding carboxylic acids is 1. The molecule has 0 bridgehead atoms. The van der Waals surface area contributed by atoms with Crippen LogP contribution in [0.3, 0.4) is 0 Å². The predicted molar refractivity (Wildman–Crippen MR) is 71.7 cm³/mol. The number of nitrogens with one attached hydrogen (secondary N) is 1. The number of hydrogen-bond acceptors (Lipinski definition) is 3. The number of aliphatic carboxylic acids is 1. The van der Waals surface area contributed by atoms with Gasteiger partial charge in [0.25, 0.3) is 0 Å². The fraction of sp³-hybridized carbons (Fsp3) is 0.857. The van der Waals surface area contributed by atoms with Gasteiger partial charge in [-0.2, -0.15) is 0 Å². The standard InChI is InChI=1S/C14H24N2O3/c1-10(14(18)19)12-8-16(9-12)13(17)5-4-11-3-2-6-15-7-11/h10-12,15H,2-9H2,1H3,(H,18,19). The topological polar surface area (TPSA) is 69.6 Å². The Morgan fingerprint density at radius 1 is 1.42 bits per heavy atom. The molecule has 0 aromatic heterocycles. The Bertz CT molecular complexity index is 334. The van der Waals surface area contributed by atoms with Crippen LogP contribution in [0.4, 0.5) is 0 Å². The van der Waals surface area contributed by atoms with Gasteiger partial charge in [-0.05, 0) is 38.3 Å². The smallest absolute Gasteiger partial charge is 0.306 e. The van der Waals surface area contributed by atoms with Crippen molar-refractivity contribution < 1.29 is 14.7 Å². The van der Waals surface area contributed by atoms with Crippen LogP contribution < -0.4 is 5.32 Å². The summed E-state index contributed by atoms with van der Waals surface area (Å²) in [6.45, 7) is 5.10. The van der Waals surface area contributed by atoms with E-state index in [9.17, 15) is 9.59 Å². The molecule has 0 spiro atoms. The second-order valence-corrected chi connectivity index (χ2v) is 5.94. The maximum Gasteiger partial charge on any atom is 0.306 e. The minimum atomic E-state index is -0.759. The van der Waals surface area contributed by atoms with Crippen molar-refractivity contribution in [2.75, 3.05) is 26.2 Å². The molecule has 2 saturated heterocycles. The second-order valence-electron chi connectivity index (χ2n) is 5.94. The minimum absolute atomic E-state index is 0.137. The average Bonchev–Trinajstić information content (AvgIpc) is 2.35. The molecule has 19 heavy (non-hydrogen) atoms. The SMILES string of the molecule is CC(C(=O)O)C1CN(C(=O)CCC2CCCNC2)C1. The van der Waals surface area contributed by atoms with Crippen LogP contribution in [0.15, 0.2) is 0 Å². The van der Waals surface area contributed by atoms with Crippen LogP contribution in [-0.4, -0.2) is 48.1 Å². The van der Waals surface area contributed by atoms with E-state index in [1.807, 2.05) is 0 Å². The van der Waals surface area contributed by atoms with Gasteiger partial charge in [0, 0.05) is 25.4 Å². The molecule has 2 aliphatic rings. The Labute approximate surface area is 114 Å². The van der Waals surface area contributed by atoms with Gasteiger partial charge in [-0.3, -0.25) is 9.59 Å². The lowest BCUT2D eigenvalue weighted by Crippen LogP contribution is -2.53. The quantitative estimate of drug-likeness (QED) is 0.779. The van der Waals surface area contributed by atoms with Gasteiger partial charge in [0.2, 0.25) is 5.91 Å². The molecule has 2 atom stereocenters. The largest absolute Gasteiger partial charge is 0.481 e. The summed E-state index contributed by atoms with van der Waals surface area (Å²) in [5.41, 5.74) is 0. The molecular weight excluding hydrogens is 244 g/mol. The highest BCUT2D eigenvalue weighted by molar-refractivity contribution is 5.77. The average molecular weight is 268 g/mol. The van der Waals surface area contributed by atoms with Crippen LogP contribution in [0.5, 0.6) is 0 Å². The molecule has 5 nitrogen and oxygen atoms in total. The molecule has 0 radical (unpaired) electrons. The Morgan fingerprint density at radius 2 is 2.16 bits per heavy atom. The van der Waals surface area contributed by atoms with Crippen molar-refractivity contribution in [3.63, 3.8) is 0 Å². The van der Waals surface area contributed by atoms with Crippen molar-refractivity contribution in [3.8, 4) is 0 Å². The van der Waals surface area contributed by atoms with Gasteiger partial charge in [-0.25, -0.2) is 0 Å². The summed E-state index contributed by atoms with van der Waals surface area (Å²) in [7, 11) is 0. The fourth-order valence-corrected chi connectivity index (χ4v) is 2.89. The highest BCUT2D eigenvalue weighted by Gasteiger charge is 2.36. The van der Waals surface area contributed by atoms with E-state index in [0.717, 1.165) is 19.5 Å². The molecule has 2 N–H and O–H groups in total. The van der Waals surface area contributed by atoms with E-state index in [1.165, 1.54) is 12.8 Å². The van der Waals surface area contributed by atoms with Gasteiger partial charge < -0.3 is 15.3 Å². The Morgan fingerprint density at radius 3 is 2.74 bits per heavy atom. The van der Waals surface area contributed by atoms with Crippen LogP contribution in [0.1, 0.15) is 32.6 Å². The third kappa shape index (κ3) is 3.69. The zero-order chi connectivity index (χ0) is 13.8. The lowest BCUT2D eigenvalue weighted by atomic mass is 9.86. The van der Waals surface area contributed by atoms with E-state index in [-0.39, 0.29) is 17.7 Å². The van der Waals surface area contributed by atoms with Crippen LogP contribution in [0, 0.1) is 17.8 Å². The molecule has 0 aromatic carbocycles. The number of hydrogen-bond donors (Lipinski definition) is 2. The van der Waals surface area contributed by atoms with Crippen molar-refractivity contribution >= 4 is 11.9 Å². The second kappa shape index (κ2) is 6.37. The summed E-state index contributed by atoms with van der Waals surface area (Å²) in [5.74, 6) is -0.137. The molecule has 5 heteroatoms.